The molecule has 0 aromatic heterocycles. The van der Waals surface area contributed by atoms with Gasteiger partial charge in [0.05, 0.1) is 0 Å². The molecular weight excluding hydrogens is 236 g/mol. The number of phenols is 1. The molecule has 0 atom stereocenters. The van der Waals surface area contributed by atoms with Crippen molar-refractivity contribution in [2.24, 2.45) is 0 Å². The molecular formula is C17H18O2. The highest BCUT2D eigenvalue weighted by Crippen LogP contribution is 2.37. The quantitative estimate of drug-likeness (QED) is 0.812. The second kappa shape index (κ2) is 5.61. The van der Waals surface area contributed by atoms with E-state index >= 15 is 0 Å². The predicted molar refractivity (Wildman–Crippen MR) is 78.0 cm³/mol. The highest BCUT2D eigenvalue weighted by molar-refractivity contribution is 5.52. The van der Waals surface area contributed by atoms with Crippen LogP contribution in [0.3, 0.4) is 0 Å². The van der Waals surface area contributed by atoms with Crippen LogP contribution < -0.4 is 4.74 Å². The molecule has 19 heavy (non-hydrogen) atoms. The van der Waals surface area contributed by atoms with Gasteiger partial charge in [-0.1, -0.05) is 36.4 Å². The summed E-state index contributed by atoms with van der Waals surface area (Å²) in [6.07, 6.45) is 2.58. The Balaban J connectivity index is 2.42. The maximum absolute atomic E-state index is 10.1. The van der Waals surface area contributed by atoms with Gasteiger partial charge in [0.1, 0.15) is 5.75 Å². The second-order valence-corrected chi connectivity index (χ2v) is 4.58. The summed E-state index contributed by atoms with van der Waals surface area (Å²) in [5, 5.41) is 10.1. The fraction of sp³-hybridized carbons (Fsp3) is 0.176. The van der Waals surface area contributed by atoms with Crippen molar-refractivity contribution in [1.29, 1.82) is 0 Å². The van der Waals surface area contributed by atoms with Crippen molar-refractivity contribution >= 4 is 0 Å². The third-order valence-electron chi connectivity index (χ3n) is 3.08. The molecule has 0 aliphatic rings. The molecule has 0 amide bonds. The normalized spacial score (nSPS) is 10.2. The van der Waals surface area contributed by atoms with Crippen molar-refractivity contribution in [3.8, 4) is 17.2 Å². The summed E-state index contributed by atoms with van der Waals surface area (Å²) in [5.41, 5.74) is 2.77. The zero-order valence-electron chi connectivity index (χ0n) is 11.3. The first kappa shape index (κ1) is 13.2. The summed E-state index contributed by atoms with van der Waals surface area (Å²) in [5.74, 6) is 1.48. The third kappa shape index (κ3) is 2.79. The molecule has 2 rings (SSSR count). The zero-order chi connectivity index (χ0) is 13.8. The molecule has 2 heteroatoms. The first-order chi connectivity index (χ1) is 9.13. The number of allylic oxidation sites excluding steroid dienone is 1. The van der Waals surface area contributed by atoms with Gasteiger partial charge >= 0.3 is 0 Å². The number of hydrogen-bond acceptors (Lipinski definition) is 2. The van der Waals surface area contributed by atoms with Crippen LogP contribution in [-0.2, 0) is 6.42 Å². The number of rotatable bonds is 4. The number of aryl methyl sites for hydroxylation is 2. The fourth-order valence-corrected chi connectivity index (χ4v) is 1.94. The molecule has 0 saturated heterocycles. The van der Waals surface area contributed by atoms with Crippen LogP contribution in [-0.4, -0.2) is 5.11 Å². The van der Waals surface area contributed by atoms with E-state index in [-0.39, 0.29) is 5.75 Å². The van der Waals surface area contributed by atoms with Crippen molar-refractivity contribution in [3.63, 3.8) is 0 Å². The minimum Gasteiger partial charge on any atom is -0.504 e. The van der Waals surface area contributed by atoms with E-state index in [4.69, 9.17) is 4.74 Å². The summed E-state index contributed by atoms with van der Waals surface area (Å²) in [6, 6.07) is 11.6. The Bertz CT molecular complexity index is 600. The number of ether oxygens (including phenoxy) is 1. The van der Waals surface area contributed by atoms with Crippen molar-refractivity contribution in [1.82, 2.24) is 0 Å². The lowest BCUT2D eigenvalue weighted by molar-refractivity contribution is 0.404. The minimum absolute atomic E-state index is 0.202. The number of phenolic OH excluding ortho intramolecular Hbond substituents is 1. The molecule has 0 unspecified atom stereocenters. The predicted octanol–water partition coefficient (Wildman–Crippen LogP) is 4.53. The van der Waals surface area contributed by atoms with Gasteiger partial charge in [-0.3, -0.25) is 0 Å². The molecule has 1 N–H and O–H groups in total. The number of hydrogen-bond donors (Lipinski definition) is 1. The van der Waals surface area contributed by atoms with Gasteiger partial charge in [0.15, 0.2) is 11.5 Å². The third-order valence-corrected chi connectivity index (χ3v) is 3.08. The SMILES string of the molecule is C=CCc1ccccc1Oc1c(C)ccc(C)c1O. The molecule has 0 fully saturated rings. The van der Waals surface area contributed by atoms with Gasteiger partial charge in [-0.05, 0) is 43.0 Å². The molecule has 0 saturated carbocycles. The van der Waals surface area contributed by atoms with Crippen LogP contribution in [0.1, 0.15) is 16.7 Å². The first-order valence-electron chi connectivity index (χ1n) is 6.29. The zero-order valence-corrected chi connectivity index (χ0v) is 11.3. The van der Waals surface area contributed by atoms with Crippen molar-refractivity contribution in [2.75, 3.05) is 0 Å². The lowest BCUT2D eigenvalue weighted by Gasteiger charge is -2.14. The molecule has 0 heterocycles. The summed E-state index contributed by atoms with van der Waals surface area (Å²) < 4.78 is 5.91. The van der Waals surface area contributed by atoms with Crippen LogP contribution in [0.25, 0.3) is 0 Å². The highest BCUT2D eigenvalue weighted by Gasteiger charge is 2.11. The van der Waals surface area contributed by atoms with Gasteiger partial charge in [0, 0.05) is 0 Å². The topological polar surface area (TPSA) is 29.5 Å². The molecule has 0 radical (unpaired) electrons. The van der Waals surface area contributed by atoms with Crippen LogP contribution in [0.4, 0.5) is 0 Å². The fourth-order valence-electron chi connectivity index (χ4n) is 1.94. The lowest BCUT2D eigenvalue weighted by Crippen LogP contribution is -1.93. The summed E-state index contributed by atoms with van der Waals surface area (Å²) in [7, 11) is 0. The largest absolute Gasteiger partial charge is 0.504 e. The van der Waals surface area contributed by atoms with Crippen LogP contribution in [0.2, 0.25) is 0 Å². The molecule has 0 aliphatic heterocycles. The standard InChI is InChI=1S/C17H18O2/c1-4-7-14-8-5-6-9-15(14)19-17-13(3)11-10-12(2)16(17)18/h4-6,8-11,18H,1,7H2,2-3H3. The maximum atomic E-state index is 10.1. The van der Waals surface area contributed by atoms with Crippen LogP contribution in [0.15, 0.2) is 49.1 Å². The van der Waals surface area contributed by atoms with Gasteiger partial charge in [-0.2, -0.15) is 0 Å². The molecule has 0 spiro atoms. The van der Waals surface area contributed by atoms with Gasteiger partial charge in [0.25, 0.3) is 0 Å². The van der Waals surface area contributed by atoms with Crippen molar-refractivity contribution in [3.05, 3.63) is 65.7 Å². The molecule has 2 aromatic carbocycles. The second-order valence-electron chi connectivity index (χ2n) is 4.58. The Hall–Kier alpha value is -2.22. The van der Waals surface area contributed by atoms with E-state index in [9.17, 15) is 5.11 Å². The average Bonchev–Trinajstić information content (AvgIpc) is 2.41. The van der Waals surface area contributed by atoms with E-state index < -0.39 is 0 Å². The maximum Gasteiger partial charge on any atom is 0.172 e. The monoisotopic (exact) mass is 254 g/mol. The first-order valence-corrected chi connectivity index (χ1v) is 6.29. The van der Waals surface area contributed by atoms with Gasteiger partial charge < -0.3 is 9.84 Å². The molecule has 0 bridgehead atoms. The van der Waals surface area contributed by atoms with Crippen molar-refractivity contribution < 1.29 is 9.84 Å². The molecule has 2 aromatic rings. The van der Waals surface area contributed by atoms with E-state index in [0.717, 1.165) is 28.9 Å². The highest BCUT2D eigenvalue weighted by atomic mass is 16.5. The van der Waals surface area contributed by atoms with Gasteiger partial charge in [-0.15, -0.1) is 6.58 Å². The van der Waals surface area contributed by atoms with E-state index in [1.54, 1.807) is 0 Å². The number of para-hydroxylation sites is 1. The van der Waals surface area contributed by atoms with Crippen LogP contribution in [0, 0.1) is 13.8 Å². The van der Waals surface area contributed by atoms with Gasteiger partial charge in [0.2, 0.25) is 0 Å². The summed E-state index contributed by atoms with van der Waals surface area (Å²) >= 11 is 0. The Kier molecular flexibility index (Phi) is 3.91. The van der Waals surface area contributed by atoms with Crippen LogP contribution in [0.5, 0.6) is 17.2 Å². The van der Waals surface area contributed by atoms with E-state index in [0.29, 0.717) is 5.75 Å². The molecule has 0 aliphatic carbocycles. The Morgan fingerprint density at radius 2 is 1.79 bits per heavy atom. The summed E-state index contributed by atoms with van der Waals surface area (Å²) in [4.78, 5) is 0. The Labute approximate surface area is 114 Å². The molecule has 2 nitrogen and oxygen atoms in total. The minimum atomic E-state index is 0.202. The van der Waals surface area contributed by atoms with Crippen LogP contribution >= 0.6 is 0 Å². The molecule has 98 valence electrons. The number of benzene rings is 2. The Morgan fingerprint density at radius 3 is 2.53 bits per heavy atom. The van der Waals surface area contributed by atoms with Gasteiger partial charge in [-0.25, -0.2) is 0 Å². The smallest absolute Gasteiger partial charge is 0.172 e. The number of aromatic hydroxyl groups is 1. The Morgan fingerprint density at radius 1 is 1.11 bits per heavy atom. The van der Waals surface area contributed by atoms with Crippen molar-refractivity contribution in [2.45, 2.75) is 20.3 Å². The summed E-state index contributed by atoms with van der Waals surface area (Å²) in [6.45, 7) is 7.53. The average molecular weight is 254 g/mol. The van der Waals surface area contributed by atoms with E-state index in [1.807, 2.05) is 56.3 Å². The lowest BCUT2D eigenvalue weighted by atomic mass is 10.1. The van der Waals surface area contributed by atoms with E-state index in [2.05, 4.69) is 6.58 Å². The van der Waals surface area contributed by atoms with E-state index in [1.165, 1.54) is 0 Å².